The predicted octanol–water partition coefficient (Wildman–Crippen LogP) is 9.23. The normalized spacial score (nSPS) is 17.4. The third-order valence-electron chi connectivity index (χ3n) is 9.29. The van der Waals surface area contributed by atoms with E-state index in [0.29, 0.717) is 28.3 Å². The van der Waals surface area contributed by atoms with E-state index in [1.807, 2.05) is 127 Å². The van der Waals surface area contributed by atoms with E-state index in [2.05, 4.69) is 36.4 Å². The highest BCUT2D eigenvalue weighted by molar-refractivity contribution is 6.53. The number of fused-ring (bicyclic) bond motifs is 4. The number of carbonyl (C=O) groups excluding carboxylic acids is 1. The topological polar surface area (TPSA) is 75.7 Å². The predicted molar refractivity (Wildman–Crippen MR) is 211 cm³/mol. The first-order chi connectivity index (χ1) is 25.6. The Bertz CT molecular complexity index is 2550. The molecular weight excluding hydrogens is 641 g/mol. The lowest BCUT2D eigenvalue weighted by Crippen LogP contribution is -2.13. The Labute approximate surface area is 301 Å². The van der Waals surface area contributed by atoms with Crippen LogP contribution in [0.5, 0.6) is 0 Å². The van der Waals surface area contributed by atoms with Gasteiger partial charge in [-0.3, -0.25) is 0 Å². The van der Waals surface area contributed by atoms with Crippen molar-refractivity contribution in [2.45, 2.75) is 0 Å². The van der Waals surface area contributed by atoms with Crippen LogP contribution in [0.4, 0.5) is 0 Å². The molecule has 246 valence electrons. The van der Waals surface area contributed by atoms with E-state index in [-0.39, 0.29) is 0 Å². The van der Waals surface area contributed by atoms with Crippen molar-refractivity contribution < 1.29 is 9.53 Å². The second-order valence-corrected chi connectivity index (χ2v) is 12.5. The average Bonchev–Trinajstić information content (AvgIpc) is 3.99. The van der Waals surface area contributed by atoms with Crippen molar-refractivity contribution in [1.82, 2.24) is 0 Å². The molecule has 5 aliphatic heterocycles. The molecule has 0 unspecified atom stereocenters. The molecule has 0 N–H and O–H groups in total. The highest BCUT2D eigenvalue weighted by atomic mass is 16.5. The molecule has 0 aliphatic carbocycles. The number of hydrogen-bond acceptors (Lipinski definition) is 6. The van der Waals surface area contributed by atoms with E-state index in [0.717, 1.165) is 67.5 Å². The molecule has 52 heavy (non-hydrogen) atoms. The molecule has 9 rings (SSSR count). The molecule has 0 amide bonds. The van der Waals surface area contributed by atoms with Gasteiger partial charge >= 0.3 is 5.97 Å². The maximum absolute atomic E-state index is 13.9. The Balaban J connectivity index is 1.47. The number of allylic oxidation sites excluding steroid dienone is 11. The van der Waals surface area contributed by atoms with Crippen LogP contribution < -0.4 is 0 Å². The lowest BCUT2D eigenvalue weighted by atomic mass is 9.84. The molecule has 0 atom stereocenters. The standard InChI is InChI=1S/C46H30N4O2/c1-52-46(51)43-38-28-36-25-23-34(48-36)26-33-22-24-35(47-33)27-37-39(29-14-6-2-7-15-29)40(30-16-8-3-9-17-30)44(49-37)42(32-20-12-5-13-21-32)45(50-38)41(43)31-18-10-4-11-19-31/h2-28H,1H3. The van der Waals surface area contributed by atoms with Gasteiger partial charge < -0.3 is 4.74 Å². The zero-order chi connectivity index (χ0) is 35.0. The number of hydrogen-bond donors (Lipinski definition) is 0. The van der Waals surface area contributed by atoms with Gasteiger partial charge in [-0.25, -0.2) is 24.8 Å². The molecule has 6 nitrogen and oxygen atoms in total. The lowest BCUT2D eigenvalue weighted by molar-refractivity contribution is -0.135. The number of rotatable bonds is 5. The number of methoxy groups -OCH3 is 1. The second-order valence-electron chi connectivity index (χ2n) is 12.5. The second kappa shape index (κ2) is 13.0. The van der Waals surface area contributed by atoms with E-state index in [9.17, 15) is 4.79 Å². The van der Waals surface area contributed by atoms with Gasteiger partial charge in [-0.1, -0.05) is 121 Å². The summed E-state index contributed by atoms with van der Waals surface area (Å²) in [6, 6.07) is 40.7. The minimum Gasteiger partial charge on any atom is -0.465 e. The summed E-state index contributed by atoms with van der Waals surface area (Å²) in [6.07, 6.45) is 13.7. The molecule has 4 aromatic carbocycles. The first-order valence-electron chi connectivity index (χ1n) is 17.1. The summed E-state index contributed by atoms with van der Waals surface area (Å²) in [7, 11) is 1.40. The molecule has 6 heteroatoms. The number of benzene rings is 4. The fraction of sp³-hybridized carbons (Fsp3) is 0.0217. The van der Waals surface area contributed by atoms with Crippen molar-refractivity contribution in [2.24, 2.45) is 20.0 Å². The molecule has 0 fully saturated rings. The molecule has 0 saturated heterocycles. The largest absolute Gasteiger partial charge is 0.465 e. The molecule has 5 aliphatic rings. The highest BCUT2D eigenvalue weighted by Crippen LogP contribution is 2.47. The fourth-order valence-electron chi connectivity index (χ4n) is 7.04. The lowest BCUT2D eigenvalue weighted by Gasteiger charge is -2.18. The summed E-state index contributed by atoms with van der Waals surface area (Å²) in [5.74, 6) is -0.488. The van der Waals surface area contributed by atoms with Crippen LogP contribution in [0, 0.1) is 0 Å². The van der Waals surface area contributed by atoms with Crippen LogP contribution in [0.15, 0.2) is 212 Å². The minimum absolute atomic E-state index is 0.361. The van der Waals surface area contributed by atoms with E-state index in [1.165, 1.54) is 7.11 Å². The van der Waals surface area contributed by atoms with Crippen LogP contribution in [0.3, 0.4) is 0 Å². The maximum Gasteiger partial charge on any atom is 0.340 e. The van der Waals surface area contributed by atoms with Gasteiger partial charge in [0.1, 0.15) is 0 Å². The number of esters is 1. The summed E-state index contributed by atoms with van der Waals surface area (Å²) < 4.78 is 5.48. The number of nitrogens with zero attached hydrogens (tertiary/aromatic N) is 4. The first-order valence-corrected chi connectivity index (χ1v) is 17.1. The van der Waals surface area contributed by atoms with E-state index < -0.39 is 5.97 Å². The Morgan fingerprint density at radius 1 is 0.481 bits per heavy atom. The molecule has 0 radical (unpaired) electrons. The summed E-state index contributed by atoms with van der Waals surface area (Å²) >= 11 is 0. The quantitative estimate of drug-likeness (QED) is 0.199. The van der Waals surface area contributed by atoms with Crippen LogP contribution in [0.25, 0.3) is 22.3 Å². The van der Waals surface area contributed by atoms with Gasteiger partial charge in [-0.05, 0) is 64.8 Å². The molecule has 5 heterocycles. The van der Waals surface area contributed by atoms with Crippen LogP contribution in [-0.4, -0.2) is 35.9 Å². The minimum atomic E-state index is -0.488. The first kappa shape index (κ1) is 31.0. The van der Waals surface area contributed by atoms with Crippen LogP contribution in [-0.2, 0) is 9.53 Å². The number of aliphatic imine (C=N–C) groups is 4. The molecule has 0 aromatic heterocycles. The Morgan fingerprint density at radius 3 is 1.52 bits per heavy atom. The van der Waals surface area contributed by atoms with Crippen molar-refractivity contribution in [3.63, 3.8) is 0 Å². The van der Waals surface area contributed by atoms with Gasteiger partial charge in [0.05, 0.1) is 58.3 Å². The van der Waals surface area contributed by atoms with Gasteiger partial charge in [0, 0.05) is 22.3 Å². The van der Waals surface area contributed by atoms with Crippen molar-refractivity contribution in [1.29, 1.82) is 0 Å². The maximum atomic E-state index is 13.9. The van der Waals surface area contributed by atoms with Gasteiger partial charge in [-0.2, -0.15) is 0 Å². The molecule has 8 bridgehead atoms. The summed E-state index contributed by atoms with van der Waals surface area (Å²) in [6.45, 7) is 0. The van der Waals surface area contributed by atoms with Crippen molar-refractivity contribution >= 4 is 51.1 Å². The average molecular weight is 671 g/mol. The van der Waals surface area contributed by atoms with Crippen LogP contribution >= 0.6 is 0 Å². The van der Waals surface area contributed by atoms with Gasteiger partial charge in [-0.15, -0.1) is 0 Å². The van der Waals surface area contributed by atoms with Crippen molar-refractivity contribution in [3.05, 3.63) is 214 Å². The Kier molecular flexibility index (Phi) is 7.75. The van der Waals surface area contributed by atoms with E-state index in [1.54, 1.807) is 0 Å². The Morgan fingerprint density at radius 2 is 0.962 bits per heavy atom. The third-order valence-corrected chi connectivity index (χ3v) is 9.29. The summed E-state index contributed by atoms with van der Waals surface area (Å²) in [5.41, 5.74) is 13.0. The molecular formula is C46H30N4O2. The van der Waals surface area contributed by atoms with Crippen LogP contribution in [0.1, 0.15) is 22.3 Å². The van der Waals surface area contributed by atoms with Gasteiger partial charge in [0.15, 0.2) is 0 Å². The number of ether oxygens (including phenoxy) is 1. The molecule has 0 saturated carbocycles. The zero-order valence-corrected chi connectivity index (χ0v) is 28.2. The van der Waals surface area contributed by atoms with Gasteiger partial charge in [0.25, 0.3) is 0 Å². The van der Waals surface area contributed by atoms with Crippen molar-refractivity contribution in [2.75, 3.05) is 7.11 Å². The summed E-state index contributed by atoms with van der Waals surface area (Å²) in [4.78, 5) is 34.6. The highest BCUT2D eigenvalue weighted by Gasteiger charge is 2.37. The SMILES string of the molecule is COC(=O)C1=C(c2ccccc2)C2=C(c3ccccc3)C3=NC(=CC4=NC(=CC5=NC(=CC1=N2)C=C5)C=C4)C(c1ccccc1)=C3c1ccccc1. The van der Waals surface area contributed by atoms with Crippen molar-refractivity contribution in [3.8, 4) is 0 Å². The van der Waals surface area contributed by atoms with Gasteiger partial charge in [0.2, 0.25) is 0 Å². The molecule has 4 aromatic rings. The number of carbonyl (C=O) groups is 1. The Hall–Kier alpha value is -7.05. The monoisotopic (exact) mass is 670 g/mol. The third kappa shape index (κ3) is 5.53. The zero-order valence-electron chi connectivity index (χ0n) is 28.2. The summed E-state index contributed by atoms with van der Waals surface area (Å²) in [5, 5.41) is 0. The van der Waals surface area contributed by atoms with Crippen LogP contribution in [0.2, 0.25) is 0 Å². The van der Waals surface area contributed by atoms with E-state index >= 15 is 0 Å². The fourth-order valence-corrected chi connectivity index (χ4v) is 7.04. The molecule has 0 spiro atoms. The van der Waals surface area contributed by atoms with E-state index in [4.69, 9.17) is 24.7 Å². The smallest absolute Gasteiger partial charge is 0.340 e.